The van der Waals surface area contributed by atoms with Gasteiger partial charge in [0, 0.05) is 17.7 Å². The number of phenolic OH excluding ortho intramolecular Hbond substituents is 1. The van der Waals surface area contributed by atoms with Crippen LogP contribution in [0.2, 0.25) is 0 Å². The van der Waals surface area contributed by atoms with Gasteiger partial charge in [-0.05, 0) is 13.3 Å². The van der Waals surface area contributed by atoms with E-state index in [4.69, 9.17) is 10.5 Å². The molecule has 106 valence electrons. The maximum Gasteiger partial charge on any atom is 0.273 e. The second-order valence-corrected chi connectivity index (χ2v) is 4.11. The fourth-order valence-electron chi connectivity index (χ4n) is 1.64. The second-order valence-electron chi connectivity index (χ2n) is 4.11. The Morgan fingerprint density at radius 1 is 1.63 bits per heavy atom. The van der Waals surface area contributed by atoms with Gasteiger partial charge in [-0.1, -0.05) is 5.57 Å². The molecule has 7 heteroatoms. The van der Waals surface area contributed by atoms with E-state index in [1.807, 2.05) is 0 Å². The maximum absolute atomic E-state index is 10.8. The van der Waals surface area contributed by atoms with Crippen molar-refractivity contribution in [2.75, 3.05) is 7.11 Å². The van der Waals surface area contributed by atoms with E-state index < -0.39 is 11.0 Å². The molecular weight excluding hydrogens is 272 g/mol. The van der Waals surface area contributed by atoms with Crippen molar-refractivity contribution in [3.8, 4) is 11.5 Å². The highest BCUT2D eigenvalue weighted by Crippen LogP contribution is 2.38. The van der Waals surface area contributed by atoms with Crippen LogP contribution in [0.5, 0.6) is 11.5 Å². The zero-order chi connectivity index (χ0) is 13.9. The van der Waals surface area contributed by atoms with Gasteiger partial charge < -0.3 is 15.6 Å². The van der Waals surface area contributed by atoms with Crippen molar-refractivity contribution >= 4 is 18.1 Å². The number of non-ortho nitro benzene ring substituents is 1. The van der Waals surface area contributed by atoms with Crippen LogP contribution < -0.4 is 10.5 Å². The fourth-order valence-corrected chi connectivity index (χ4v) is 1.64. The molecule has 1 aromatic rings. The molecule has 0 amide bonds. The number of nitro groups is 1. The van der Waals surface area contributed by atoms with Gasteiger partial charge in [-0.15, -0.1) is 19.0 Å². The van der Waals surface area contributed by atoms with Crippen molar-refractivity contribution in [1.29, 1.82) is 0 Å². The Kier molecular flexibility index (Phi) is 6.31. The van der Waals surface area contributed by atoms with Crippen molar-refractivity contribution in [1.82, 2.24) is 0 Å². The van der Waals surface area contributed by atoms with Crippen molar-refractivity contribution in [2.45, 2.75) is 19.4 Å². The number of aromatic hydroxyl groups is 1. The van der Waals surface area contributed by atoms with Gasteiger partial charge >= 0.3 is 0 Å². The predicted octanol–water partition coefficient (Wildman–Crippen LogP) is 2.70. The molecule has 1 rings (SSSR count). The van der Waals surface area contributed by atoms with Gasteiger partial charge in [0.2, 0.25) is 0 Å². The number of nitro benzene ring substituents is 1. The third-order valence-corrected chi connectivity index (χ3v) is 2.49. The summed E-state index contributed by atoms with van der Waals surface area (Å²) in [7, 11) is 1.33. The molecule has 0 heterocycles. The number of rotatable bonds is 5. The number of ether oxygens (including phenoxy) is 1. The van der Waals surface area contributed by atoms with Gasteiger partial charge in [0.25, 0.3) is 5.69 Å². The van der Waals surface area contributed by atoms with E-state index in [1.165, 1.54) is 13.2 Å². The summed E-state index contributed by atoms with van der Waals surface area (Å²) < 4.78 is 4.90. The summed E-state index contributed by atoms with van der Waals surface area (Å²) >= 11 is 0. The van der Waals surface area contributed by atoms with E-state index in [0.29, 0.717) is 6.42 Å². The SMILES string of the molecule is C=C(C)C[C@H](N)c1cc([N+](=O)[O-])cc(OC)c1O.Cl. The molecule has 0 spiro atoms. The monoisotopic (exact) mass is 288 g/mol. The number of nitrogens with zero attached hydrogens (tertiary/aromatic N) is 1. The van der Waals surface area contributed by atoms with Crippen molar-refractivity contribution in [3.63, 3.8) is 0 Å². The Hall–Kier alpha value is -1.79. The lowest BCUT2D eigenvalue weighted by molar-refractivity contribution is -0.385. The van der Waals surface area contributed by atoms with Gasteiger partial charge in [-0.3, -0.25) is 10.1 Å². The average Bonchev–Trinajstić information content (AvgIpc) is 2.27. The smallest absolute Gasteiger partial charge is 0.273 e. The molecule has 0 saturated heterocycles. The molecule has 3 N–H and O–H groups in total. The summed E-state index contributed by atoms with van der Waals surface area (Å²) in [5, 5.41) is 20.7. The maximum atomic E-state index is 10.8. The largest absolute Gasteiger partial charge is 0.504 e. The summed E-state index contributed by atoms with van der Waals surface area (Å²) in [6.45, 7) is 5.52. The van der Waals surface area contributed by atoms with E-state index >= 15 is 0 Å². The Morgan fingerprint density at radius 2 is 2.21 bits per heavy atom. The van der Waals surface area contributed by atoms with Crippen LogP contribution >= 0.6 is 12.4 Å². The summed E-state index contributed by atoms with van der Waals surface area (Å²) in [5.74, 6) is -0.131. The fraction of sp³-hybridized carbons (Fsp3) is 0.333. The first-order valence-corrected chi connectivity index (χ1v) is 5.32. The molecule has 0 aromatic heterocycles. The zero-order valence-electron chi connectivity index (χ0n) is 10.8. The second kappa shape index (κ2) is 6.96. The lowest BCUT2D eigenvalue weighted by Crippen LogP contribution is -2.11. The molecule has 1 atom stereocenters. The Morgan fingerprint density at radius 3 is 2.63 bits per heavy atom. The van der Waals surface area contributed by atoms with Crippen LogP contribution in [-0.2, 0) is 0 Å². The van der Waals surface area contributed by atoms with Crippen LogP contribution in [0.25, 0.3) is 0 Å². The number of nitrogens with two attached hydrogens (primary N) is 1. The molecule has 0 unspecified atom stereocenters. The molecular formula is C12H17ClN2O4. The highest BCUT2D eigenvalue weighted by Gasteiger charge is 2.20. The molecule has 1 aromatic carbocycles. The van der Waals surface area contributed by atoms with Crippen molar-refractivity contribution < 1.29 is 14.8 Å². The molecule has 19 heavy (non-hydrogen) atoms. The zero-order valence-corrected chi connectivity index (χ0v) is 11.6. The quantitative estimate of drug-likeness (QED) is 0.493. The number of halogens is 1. The standard InChI is InChI=1S/C12H16N2O4.ClH/c1-7(2)4-10(13)9-5-8(14(16)17)6-11(18-3)12(9)15;/h5-6,10,15H,1,4,13H2,2-3H3;1H/t10-;/m0./s1. The molecule has 6 nitrogen and oxygen atoms in total. The topological polar surface area (TPSA) is 98.6 Å². The summed E-state index contributed by atoms with van der Waals surface area (Å²) in [6, 6.07) is 1.86. The lowest BCUT2D eigenvalue weighted by atomic mass is 9.99. The Labute approximate surface area is 117 Å². The molecule has 0 aliphatic heterocycles. The molecule has 0 bridgehead atoms. The van der Waals surface area contributed by atoms with E-state index in [9.17, 15) is 15.2 Å². The van der Waals surface area contributed by atoms with Crippen LogP contribution in [0.1, 0.15) is 24.9 Å². The van der Waals surface area contributed by atoms with Crippen LogP contribution in [0.15, 0.2) is 24.3 Å². The van der Waals surface area contributed by atoms with Gasteiger partial charge in [0.1, 0.15) is 0 Å². The van der Waals surface area contributed by atoms with Crippen LogP contribution in [-0.4, -0.2) is 17.1 Å². The first-order chi connectivity index (χ1) is 8.36. The molecule has 0 radical (unpaired) electrons. The average molecular weight is 289 g/mol. The Balaban J connectivity index is 0.00000324. The van der Waals surface area contributed by atoms with E-state index in [2.05, 4.69) is 6.58 Å². The van der Waals surface area contributed by atoms with Crippen LogP contribution in [0, 0.1) is 10.1 Å². The van der Waals surface area contributed by atoms with Gasteiger partial charge in [0.15, 0.2) is 11.5 Å². The highest BCUT2D eigenvalue weighted by molar-refractivity contribution is 5.85. The van der Waals surface area contributed by atoms with Crippen LogP contribution in [0.3, 0.4) is 0 Å². The van der Waals surface area contributed by atoms with Gasteiger partial charge in [0.05, 0.1) is 18.1 Å². The van der Waals surface area contributed by atoms with Crippen molar-refractivity contribution in [2.24, 2.45) is 5.73 Å². The minimum absolute atomic E-state index is 0. The molecule has 0 fully saturated rings. The Bertz CT molecular complexity index is 491. The summed E-state index contributed by atoms with van der Waals surface area (Å²) in [6.07, 6.45) is 0.428. The predicted molar refractivity (Wildman–Crippen MR) is 74.9 cm³/mol. The number of phenols is 1. The van der Waals surface area contributed by atoms with E-state index in [-0.39, 0.29) is 35.2 Å². The van der Waals surface area contributed by atoms with Crippen LogP contribution in [0.4, 0.5) is 5.69 Å². The lowest BCUT2D eigenvalue weighted by Gasteiger charge is -2.15. The third-order valence-electron chi connectivity index (χ3n) is 2.49. The van der Waals surface area contributed by atoms with Gasteiger partial charge in [-0.2, -0.15) is 0 Å². The highest BCUT2D eigenvalue weighted by atomic mass is 35.5. The van der Waals surface area contributed by atoms with Gasteiger partial charge in [-0.25, -0.2) is 0 Å². The molecule has 0 saturated carbocycles. The normalized spacial score (nSPS) is 11.3. The number of hydrogen-bond acceptors (Lipinski definition) is 5. The minimum atomic E-state index is -0.559. The van der Waals surface area contributed by atoms with E-state index in [1.54, 1.807) is 6.92 Å². The first kappa shape index (κ1) is 17.2. The first-order valence-electron chi connectivity index (χ1n) is 5.32. The molecule has 0 aliphatic rings. The number of benzene rings is 1. The van der Waals surface area contributed by atoms with Crippen molar-refractivity contribution in [3.05, 3.63) is 40.0 Å². The van der Waals surface area contributed by atoms with E-state index in [0.717, 1.165) is 11.6 Å². The number of hydrogen-bond donors (Lipinski definition) is 2. The minimum Gasteiger partial charge on any atom is -0.504 e. The summed E-state index contributed by atoms with van der Waals surface area (Å²) in [4.78, 5) is 10.2. The molecule has 0 aliphatic carbocycles. The summed E-state index contributed by atoms with van der Waals surface area (Å²) in [5.41, 5.74) is 6.83. The third kappa shape index (κ3) is 4.11. The number of methoxy groups -OCH3 is 1.